The van der Waals surface area contributed by atoms with Gasteiger partial charge in [-0.1, -0.05) is 19.1 Å². The maximum atomic E-state index is 11.4. The molecule has 0 aliphatic rings. The lowest BCUT2D eigenvalue weighted by molar-refractivity contribution is 0.602. The summed E-state index contributed by atoms with van der Waals surface area (Å²) in [6.45, 7) is 2.56. The fraction of sp³-hybridized carbons (Fsp3) is 0.286. The third-order valence-electron chi connectivity index (χ3n) is 2.88. The van der Waals surface area contributed by atoms with Crippen molar-refractivity contribution in [3.8, 4) is 0 Å². The summed E-state index contributed by atoms with van der Waals surface area (Å²) < 4.78 is 23.5. The van der Waals surface area contributed by atoms with Crippen LogP contribution < -0.4 is 5.32 Å². The first kappa shape index (κ1) is 15.9. The zero-order valence-corrected chi connectivity index (χ0v) is 14.2. The van der Waals surface area contributed by atoms with Crippen LogP contribution in [0.15, 0.2) is 39.8 Å². The molecule has 1 aromatic carbocycles. The van der Waals surface area contributed by atoms with Crippen molar-refractivity contribution in [2.75, 3.05) is 11.6 Å². The first-order valence-electron chi connectivity index (χ1n) is 6.45. The lowest BCUT2D eigenvalue weighted by atomic mass is 10.2. The third kappa shape index (κ3) is 4.50. The van der Waals surface area contributed by atoms with Crippen molar-refractivity contribution in [2.24, 2.45) is 0 Å². The molecule has 1 heterocycles. The Bertz CT molecular complexity index is 730. The molecule has 0 aliphatic heterocycles. The third-order valence-corrected chi connectivity index (χ3v) is 4.42. The highest BCUT2D eigenvalue weighted by molar-refractivity contribution is 9.10. The molecule has 0 aliphatic carbocycles. The van der Waals surface area contributed by atoms with Crippen LogP contribution in [-0.4, -0.2) is 24.6 Å². The lowest BCUT2D eigenvalue weighted by Gasteiger charge is -2.08. The van der Waals surface area contributed by atoms with Gasteiger partial charge in [-0.05, 0) is 33.6 Å². The fourth-order valence-corrected chi connectivity index (χ4v) is 2.81. The Balaban J connectivity index is 2.08. The second kappa shape index (κ2) is 6.53. The van der Waals surface area contributed by atoms with E-state index in [1.54, 1.807) is 24.3 Å². The zero-order valence-electron chi connectivity index (χ0n) is 11.8. The summed E-state index contributed by atoms with van der Waals surface area (Å²) in [6.07, 6.45) is 1.96. The number of nitrogens with one attached hydrogen (secondary N) is 1. The number of halogens is 1. The summed E-state index contributed by atoms with van der Waals surface area (Å²) in [7, 11) is -3.15. The zero-order chi connectivity index (χ0) is 15.5. The molecule has 0 amide bonds. The molecular weight excluding hydrogens is 354 g/mol. The summed E-state index contributed by atoms with van der Waals surface area (Å²) in [5.74, 6) is 1.50. The van der Waals surface area contributed by atoms with Gasteiger partial charge in [0.2, 0.25) is 0 Å². The number of benzene rings is 1. The maximum absolute atomic E-state index is 11.4. The van der Waals surface area contributed by atoms with Gasteiger partial charge in [-0.25, -0.2) is 18.4 Å². The Hall–Kier alpha value is -1.47. The Morgan fingerprint density at radius 3 is 2.43 bits per heavy atom. The summed E-state index contributed by atoms with van der Waals surface area (Å²) in [6, 6.07) is 8.62. The number of rotatable bonds is 5. The summed E-state index contributed by atoms with van der Waals surface area (Å²) in [5.41, 5.74) is 0.982. The largest absolute Gasteiger partial charge is 0.366 e. The van der Waals surface area contributed by atoms with Gasteiger partial charge in [0, 0.05) is 25.3 Å². The highest BCUT2D eigenvalue weighted by Gasteiger charge is 2.06. The topological polar surface area (TPSA) is 72.0 Å². The van der Waals surface area contributed by atoms with E-state index in [1.165, 1.54) is 6.26 Å². The van der Waals surface area contributed by atoms with Crippen LogP contribution >= 0.6 is 15.9 Å². The first-order valence-corrected chi connectivity index (χ1v) is 9.13. The second-order valence-electron chi connectivity index (χ2n) is 4.62. The van der Waals surface area contributed by atoms with Crippen molar-refractivity contribution in [2.45, 2.75) is 24.8 Å². The number of hydrogen-bond acceptors (Lipinski definition) is 5. The summed E-state index contributed by atoms with van der Waals surface area (Å²) in [4.78, 5) is 8.94. The van der Waals surface area contributed by atoms with Gasteiger partial charge in [0.25, 0.3) is 0 Å². The monoisotopic (exact) mass is 369 g/mol. The minimum atomic E-state index is -3.15. The highest BCUT2D eigenvalue weighted by atomic mass is 79.9. The van der Waals surface area contributed by atoms with E-state index in [-0.39, 0.29) is 0 Å². The van der Waals surface area contributed by atoms with E-state index >= 15 is 0 Å². The van der Waals surface area contributed by atoms with Crippen molar-refractivity contribution in [3.05, 3.63) is 46.3 Å². The van der Waals surface area contributed by atoms with E-state index < -0.39 is 9.84 Å². The summed E-state index contributed by atoms with van der Waals surface area (Å²) >= 11 is 3.35. The average molecular weight is 370 g/mol. The minimum absolute atomic E-state index is 0.323. The molecule has 21 heavy (non-hydrogen) atoms. The molecule has 1 N–H and O–H groups in total. The van der Waals surface area contributed by atoms with Gasteiger partial charge in [-0.15, -0.1) is 0 Å². The molecule has 112 valence electrons. The number of nitrogens with zero attached hydrogens (tertiary/aromatic N) is 2. The lowest BCUT2D eigenvalue weighted by Crippen LogP contribution is -2.05. The van der Waals surface area contributed by atoms with Gasteiger partial charge < -0.3 is 5.32 Å². The number of anilines is 1. The van der Waals surface area contributed by atoms with Gasteiger partial charge in [-0.2, -0.15) is 0 Å². The average Bonchev–Trinajstić information content (AvgIpc) is 2.44. The van der Waals surface area contributed by atoms with E-state index in [9.17, 15) is 8.42 Å². The van der Waals surface area contributed by atoms with E-state index in [1.807, 2.05) is 13.0 Å². The van der Waals surface area contributed by atoms with Crippen LogP contribution in [0.25, 0.3) is 0 Å². The van der Waals surface area contributed by atoms with Crippen LogP contribution in [0.2, 0.25) is 0 Å². The predicted octanol–water partition coefficient (Wildman–Crippen LogP) is 2.82. The molecule has 7 heteroatoms. The quantitative estimate of drug-likeness (QED) is 0.820. The van der Waals surface area contributed by atoms with Crippen molar-refractivity contribution < 1.29 is 8.42 Å². The van der Waals surface area contributed by atoms with Gasteiger partial charge in [0.05, 0.1) is 4.90 Å². The number of aromatic nitrogens is 2. The molecule has 0 saturated carbocycles. The summed E-state index contributed by atoms with van der Waals surface area (Å²) in [5, 5.41) is 3.20. The van der Waals surface area contributed by atoms with Gasteiger partial charge in [0.15, 0.2) is 9.84 Å². The molecule has 2 rings (SSSR count). The molecule has 0 unspecified atom stereocenters. The highest BCUT2D eigenvalue weighted by Crippen LogP contribution is 2.15. The van der Waals surface area contributed by atoms with Gasteiger partial charge >= 0.3 is 0 Å². The second-order valence-corrected chi connectivity index (χ2v) is 7.44. The molecule has 0 atom stereocenters. The molecule has 0 fully saturated rings. The molecule has 0 saturated heterocycles. The number of hydrogen-bond donors (Lipinski definition) is 1. The van der Waals surface area contributed by atoms with Crippen molar-refractivity contribution >= 4 is 31.6 Å². The van der Waals surface area contributed by atoms with Crippen LogP contribution in [0.1, 0.15) is 18.3 Å². The van der Waals surface area contributed by atoms with E-state index in [0.29, 0.717) is 11.4 Å². The Morgan fingerprint density at radius 1 is 1.19 bits per heavy atom. The molecule has 0 spiro atoms. The molecule has 5 nitrogen and oxygen atoms in total. The Morgan fingerprint density at radius 2 is 1.86 bits per heavy atom. The van der Waals surface area contributed by atoms with Crippen molar-refractivity contribution in [1.82, 2.24) is 9.97 Å². The number of sulfone groups is 1. The van der Waals surface area contributed by atoms with Crippen LogP contribution in [0, 0.1) is 0 Å². The Labute approximate surface area is 132 Å². The van der Waals surface area contributed by atoms with Crippen LogP contribution in [-0.2, 0) is 22.8 Å². The first-order chi connectivity index (χ1) is 9.88. The molecule has 0 radical (unpaired) electrons. The fourth-order valence-electron chi connectivity index (χ4n) is 1.76. The van der Waals surface area contributed by atoms with Gasteiger partial charge in [0.1, 0.15) is 16.2 Å². The van der Waals surface area contributed by atoms with Gasteiger partial charge in [-0.3, -0.25) is 0 Å². The Kier molecular flexibility index (Phi) is 4.95. The SMILES string of the molecule is CCc1nc(Br)cc(NCc2ccc(S(C)(=O)=O)cc2)n1. The molecule has 2 aromatic rings. The van der Waals surface area contributed by atoms with Crippen molar-refractivity contribution in [3.63, 3.8) is 0 Å². The van der Waals surface area contributed by atoms with Crippen LogP contribution in [0.3, 0.4) is 0 Å². The van der Waals surface area contributed by atoms with Crippen molar-refractivity contribution in [1.29, 1.82) is 0 Å². The minimum Gasteiger partial charge on any atom is -0.366 e. The molecule has 0 bridgehead atoms. The maximum Gasteiger partial charge on any atom is 0.175 e. The molecular formula is C14H16BrN3O2S. The van der Waals surface area contributed by atoms with E-state index in [2.05, 4.69) is 31.2 Å². The van der Waals surface area contributed by atoms with E-state index in [0.717, 1.165) is 28.2 Å². The van der Waals surface area contributed by atoms with Crippen LogP contribution in [0.4, 0.5) is 5.82 Å². The predicted molar refractivity (Wildman–Crippen MR) is 86.0 cm³/mol. The van der Waals surface area contributed by atoms with Crippen LogP contribution in [0.5, 0.6) is 0 Å². The molecule has 1 aromatic heterocycles. The normalized spacial score (nSPS) is 11.4. The smallest absolute Gasteiger partial charge is 0.175 e. The number of aryl methyl sites for hydroxylation is 1. The standard InChI is InChI=1S/C14H16BrN3O2S/c1-3-13-17-12(15)8-14(18-13)16-9-10-4-6-11(7-5-10)21(2,19)20/h4-8H,3,9H2,1-2H3,(H,16,17,18). The van der Waals surface area contributed by atoms with E-state index in [4.69, 9.17) is 0 Å².